The minimum atomic E-state index is -0.289. The Balaban J connectivity index is 1.81. The maximum absolute atomic E-state index is 8.01. The van der Waals surface area contributed by atoms with Crippen molar-refractivity contribution in [1.82, 2.24) is 5.39 Å². The van der Waals surface area contributed by atoms with E-state index in [1.807, 2.05) is 0 Å². The van der Waals surface area contributed by atoms with E-state index in [-0.39, 0.29) is 18.1 Å². The molecule has 1 aliphatic heterocycles. The van der Waals surface area contributed by atoms with Gasteiger partial charge in [-0.1, -0.05) is 0 Å². The fourth-order valence-electron chi connectivity index (χ4n) is 0.501. The first-order valence-electron chi connectivity index (χ1n) is 2.71. The van der Waals surface area contributed by atoms with Crippen molar-refractivity contribution < 1.29 is 20.0 Å². The smallest absolute Gasteiger partial charge is 0.0832 e. The van der Waals surface area contributed by atoms with Crippen LogP contribution in [0.3, 0.4) is 0 Å². The molecule has 0 aromatic heterocycles. The lowest BCUT2D eigenvalue weighted by Crippen LogP contribution is -2.15. The minimum absolute atomic E-state index is 0.268. The first-order valence-corrected chi connectivity index (χ1v) is 2.71. The van der Waals surface area contributed by atoms with E-state index in [0.29, 0.717) is 6.42 Å². The highest BCUT2D eigenvalue weighted by atomic mass is 17.1. The van der Waals surface area contributed by atoms with Crippen molar-refractivity contribution >= 4 is 0 Å². The van der Waals surface area contributed by atoms with Gasteiger partial charge in [-0.05, 0) is 0 Å². The number of ether oxygens (including phenoxy) is 1. The van der Waals surface area contributed by atoms with Gasteiger partial charge in [0, 0.05) is 6.42 Å². The van der Waals surface area contributed by atoms with E-state index in [9.17, 15) is 0 Å². The van der Waals surface area contributed by atoms with Crippen LogP contribution in [-0.2, 0) is 9.57 Å². The van der Waals surface area contributed by atoms with Crippen molar-refractivity contribution in [1.29, 1.82) is 0 Å². The Morgan fingerprint density at radius 3 is 2.78 bits per heavy atom. The highest BCUT2D eigenvalue weighted by Crippen LogP contribution is 2.12. The molecule has 0 radical (unpaired) electrons. The van der Waals surface area contributed by atoms with Crippen LogP contribution in [-0.4, -0.2) is 35.1 Å². The van der Waals surface area contributed by atoms with Gasteiger partial charge in [0.25, 0.3) is 0 Å². The molecule has 0 amide bonds. The Morgan fingerprint density at radius 2 is 2.33 bits per heavy atom. The van der Waals surface area contributed by atoms with Gasteiger partial charge in [-0.15, -0.1) is 0 Å². The van der Waals surface area contributed by atoms with E-state index in [2.05, 4.69) is 4.84 Å². The quantitative estimate of drug-likeness (QED) is 0.412. The van der Waals surface area contributed by atoms with Crippen molar-refractivity contribution in [2.75, 3.05) is 13.2 Å². The van der Waals surface area contributed by atoms with E-state index < -0.39 is 0 Å². The topological polar surface area (TPSA) is 65.5 Å². The standard InChI is InChI=1S/C4H9NO4/c6-5(7)9-2-1-4-3-8-4/h4,6-7H,1-3H2. The molecule has 1 saturated heterocycles. The number of epoxide rings is 1. The summed E-state index contributed by atoms with van der Waals surface area (Å²) in [5.41, 5.74) is 0. The highest BCUT2D eigenvalue weighted by Gasteiger charge is 2.21. The monoisotopic (exact) mass is 135 g/mol. The van der Waals surface area contributed by atoms with Crippen LogP contribution in [0, 0.1) is 0 Å². The maximum atomic E-state index is 8.01. The molecule has 0 bridgehead atoms. The summed E-state index contributed by atoms with van der Waals surface area (Å²) in [7, 11) is 0. The lowest BCUT2D eigenvalue weighted by molar-refractivity contribution is -0.492. The Bertz CT molecular complexity index is 80.6. The molecular formula is C4H9NO4. The molecule has 5 nitrogen and oxygen atoms in total. The SMILES string of the molecule is ON(O)OCCC1CO1. The van der Waals surface area contributed by atoms with E-state index in [1.54, 1.807) is 0 Å². The zero-order valence-electron chi connectivity index (χ0n) is 4.86. The zero-order chi connectivity index (χ0) is 6.69. The van der Waals surface area contributed by atoms with Crippen LogP contribution in [0.5, 0.6) is 0 Å². The largest absolute Gasteiger partial charge is 0.373 e. The Labute approximate surface area is 52.3 Å². The van der Waals surface area contributed by atoms with Crippen LogP contribution in [0.4, 0.5) is 0 Å². The Kier molecular flexibility index (Phi) is 2.38. The van der Waals surface area contributed by atoms with Crippen molar-refractivity contribution in [3.8, 4) is 0 Å². The van der Waals surface area contributed by atoms with Crippen LogP contribution >= 0.6 is 0 Å². The van der Waals surface area contributed by atoms with Crippen LogP contribution in [0.2, 0.25) is 0 Å². The van der Waals surface area contributed by atoms with Gasteiger partial charge in [0.05, 0.1) is 24.7 Å². The normalized spacial score (nSPS) is 25.0. The molecule has 2 N–H and O–H groups in total. The van der Waals surface area contributed by atoms with Crippen LogP contribution < -0.4 is 0 Å². The van der Waals surface area contributed by atoms with Crippen LogP contribution in [0.25, 0.3) is 0 Å². The molecule has 0 aromatic rings. The van der Waals surface area contributed by atoms with Gasteiger partial charge in [-0.2, -0.15) is 0 Å². The van der Waals surface area contributed by atoms with E-state index in [0.717, 1.165) is 6.61 Å². The third kappa shape index (κ3) is 3.39. The summed E-state index contributed by atoms with van der Waals surface area (Å²) >= 11 is 0. The van der Waals surface area contributed by atoms with Crippen LogP contribution in [0.15, 0.2) is 0 Å². The molecule has 1 atom stereocenters. The first kappa shape index (κ1) is 6.91. The summed E-state index contributed by atoms with van der Waals surface area (Å²) in [5, 5.41) is 15.7. The average Bonchev–Trinajstić information content (AvgIpc) is 2.48. The second-order valence-corrected chi connectivity index (χ2v) is 1.83. The van der Waals surface area contributed by atoms with Crippen molar-refractivity contribution in [2.24, 2.45) is 0 Å². The zero-order valence-corrected chi connectivity index (χ0v) is 4.86. The molecule has 9 heavy (non-hydrogen) atoms. The summed E-state index contributed by atoms with van der Waals surface area (Å²) in [6, 6.07) is 0. The maximum Gasteiger partial charge on any atom is 0.0832 e. The average molecular weight is 135 g/mol. The predicted octanol–water partition coefficient (Wildman–Crippen LogP) is -0.213. The summed E-state index contributed by atoms with van der Waals surface area (Å²) in [6.45, 7) is 1.04. The van der Waals surface area contributed by atoms with Crippen molar-refractivity contribution in [3.05, 3.63) is 0 Å². The Morgan fingerprint density at radius 1 is 1.67 bits per heavy atom. The minimum Gasteiger partial charge on any atom is -0.373 e. The predicted molar refractivity (Wildman–Crippen MR) is 25.7 cm³/mol. The molecule has 1 aliphatic rings. The number of rotatable bonds is 4. The molecule has 1 rings (SSSR count). The third-order valence-electron chi connectivity index (χ3n) is 1.05. The summed E-state index contributed by atoms with van der Waals surface area (Å²) in [4.78, 5) is 4.26. The molecular weight excluding hydrogens is 126 g/mol. The summed E-state index contributed by atoms with van der Waals surface area (Å²) in [6.07, 6.45) is 0.974. The van der Waals surface area contributed by atoms with Gasteiger partial charge in [-0.3, -0.25) is 15.3 Å². The van der Waals surface area contributed by atoms with Gasteiger partial charge in [0.15, 0.2) is 0 Å². The van der Waals surface area contributed by atoms with Gasteiger partial charge in [0.1, 0.15) is 0 Å². The molecule has 1 fully saturated rings. The fraction of sp³-hybridized carbons (Fsp3) is 1.00. The Hall–Kier alpha value is -0.200. The molecule has 0 saturated carbocycles. The van der Waals surface area contributed by atoms with Gasteiger partial charge < -0.3 is 4.74 Å². The van der Waals surface area contributed by atoms with Gasteiger partial charge in [0.2, 0.25) is 0 Å². The molecule has 0 spiro atoms. The lowest BCUT2D eigenvalue weighted by atomic mass is 10.4. The number of nitrogens with zero attached hydrogens (tertiary/aromatic N) is 1. The molecule has 1 heterocycles. The first-order chi connectivity index (χ1) is 4.29. The summed E-state index contributed by atoms with van der Waals surface area (Å²) < 4.78 is 4.83. The second-order valence-electron chi connectivity index (χ2n) is 1.83. The third-order valence-corrected chi connectivity index (χ3v) is 1.05. The fourth-order valence-corrected chi connectivity index (χ4v) is 0.501. The molecule has 1 unspecified atom stereocenters. The molecule has 0 aromatic carbocycles. The summed E-state index contributed by atoms with van der Waals surface area (Å²) in [5.74, 6) is 0. The molecule has 5 heteroatoms. The lowest BCUT2D eigenvalue weighted by Gasteiger charge is -2.03. The van der Waals surface area contributed by atoms with E-state index in [1.165, 1.54) is 0 Å². The van der Waals surface area contributed by atoms with Crippen LogP contribution in [0.1, 0.15) is 6.42 Å². The molecule has 0 aliphatic carbocycles. The van der Waals surface area contributed by atoms with Gasteiger partial charge in [-0.25, -0.2) is 0 Å². The van der Waals surface area contributed by atoms with E-state index >= 15 is 0 Å². The van der Waals surface area contributed by atoms with Crippen molar-refractivity contribution in [3.63, 3.8) is 0 Å². The highest BCUT2D eigenvalue weighted by molar-refractivity contribution is 4.67. The number of hydrogen-bond acceptors (Lipinski definition) is 5. The van der Waals surface area contributed by atoms with Gasteiger partial charge >= 0.3 is 0 Å². The van der Waals surface area contributed by atoms with E-state index in [4.69, 9.17) is 15.2 Å². The second kappa shape index (κ2) is 3.09. The molecule has 54 valence electrons. The van der Waals surface area contributed by atoms with Crippen molar-refractivity contribution in [2.45, 2.75) is 12.5 Å². The number of hydrogen-bond donors (Lipinski definition) is 2.